The van der Waals surface area contributed by atoms with Gasteiger partial charge in [0.2, 0.25) is 11.5 Å². The summed E-state index contributed by atoms with van der Waals surface area (Å²) in [5, 5.41) is 0. The van der Waals surface area contributed by atoms with Crippen molar-refractivity contribution in [1.29, 1.82) is 0 Å². The lowest BCUT2D eigenvalue weighted by molar-refractivity contribution is -0.131. The Morgan fingerprint density at radius 1 is 1.42 bits per heavy atom. The molecule has 104 valence electrons. The van der Waals surface area contributed by atoms with E-state index in [0.29, 0.717) is 19.5 Å². The van der Waals surface area contributed by atoms with Crippen molar-refractivity contribution in [3.05, 3.63) is 33.7 Å². The van der Waals surface area contributed by atoms with E-state index in [1.807, 2.05) is 0 Å². The Labute approximate surface area is 111 Å². The zero-order chi connectivity index (χ0) is 14.0. The lowest BCUT2D eigenvalue weighted by Gasteiger charge is -2.28. The normalized spacial score (nSPS) is 15.1. The highest BCUT2D eigenvalue weighted by atomic mass is 32.2. The highest BCUT2D eigenvalue weighted by Crippen LogP contribution is 2.16. The van der Waals surface area contributed by atoms with Crippen molar-refractivity contribution in [2.24, 2.45) is 0 Å². The molecule has 0 saturated carbocycles. The topological polar surface area (TPSA) is 87.3 Å². The van der Waals surface area contributed by atoms with Gasteiger partial charge in [0.25, 0.3) is 0 Å². The zero-order valence-corrected chi connectivity index (χ0v) is 11.5. The molecule has 2 rings (SSSR count). The summed E-state index contributed by atoms with van der Waals surface area (Å²) in [5.41, 5.74) is 1.63. The first-order valence-corrected chi connectivity index (χ1v) is 8.08. The Morgan fingerprint density at radius 3 is 2.84 bits per heavy atom. The SMILES string of the molecule is CS(=O)(=O)CCC(=O)N1CCc2[nH]c(=O)ccc2C1. The molecule has 0 spiro atoms. The number of nitrogens with zero attached hydrogens (tertiary/aromatic N) is 1. The van der Waals surface area contributed by atoms with E-state index in [-0.39, 0.29) is 23.6 Å². The van der Waals surface area contributed by atoms with E-state index in [1.165, 1.54) is 6.07 Å². The van der Waals surface area contributed by atoms with Crippen LogP contribution >= 0.6 is 0 Å². The predicted octanol–water partition coefficient (Wildman–Crippen LogP) is -0.306. The molecule has 1 aromatic heterocycles. The van der Waals surface area contributed by atoms with Gasteiger partial charge in [0.05, 0.1) is 5.75 Å². The summed E-state index contributed by atoms with van der Waals surface area (Å²) in [6.45, 7) is 0.935. The van der Waals surface area contributed by atoms with Crippen LogP contribution in [-0.4, -0.2) is 42.8 Å². The second-order valence-electron chi connectivity index (χ2n) is 4.77. The fourth-order valence-electron chi connectivity index (χ4n) is 2.09. The van der Waals surface area contributed by atoms with E-state index in [1.54, 1.807) is 11.0 Å². The van der Waals surface area contributed by atoms with Crippen molar-refractivity contribution in [1.82, 2.24) is 9.88 Å². The maximum atomic E-state index is 11.9. The number of rotatable bonds is 3. The van der Waals surface area contributed by atoms with Crippen molar-refractivity contribution >= 4 is 15.7 Å². The number of H-pyrrole nitrogens is 1. The molecule has 1 amide bonds. The molecule has 1 aliphatic rings. The van der Waals surface area contributed by atoms with Gasteiger partial charge in [0.1, 0.15) is 9.84 Å². The van der Waals surface area contributed by atoms with Crippen molar-refractivity contribution in [3.63, 3.8) is 0 Å². The number of fused-ring (bicyclic) bond motifs is 1. The van der Waals surface area contributed by atoms with Crippen molar-refractivity contribution in [2.75, 3.05) is 18.6 Å². The maximum Gasteiger partial charge on any atom is 0.248 e. The van der Waals surface area contributed by atoms with Gasteiger partial charge in [-0.2, -0.15) is 0 Å². The second-order valence-corrected chi connectivity index (χ2v) is 7.03. The Kier molecular flexibility index (Phi) is 3.75. The van der Waals surface area contributed by atoms with E-state index in [2.05, 4.69) is 4.98 Å². The highest BCUT2D eigenvalue weighted by molar-refractivity contribution is 7.90. The van der Waals surface area contributed by atoms with Crippen LogP contribution in [-0.2, 0) is 27.6 Å². The summed E-state index contributed by atoms with van der Waals surface area (Å²) in [6, 6.07) is 3.15. The number of carbonyl (C=O) groups is 1. The van der Waals surface area contributed by atoms with Crippen molar-refractivity contribution in [2.45, 2.75) is 19.4 Å². The fraction of sp³-hybridized carbons (Fsp3) is 0.500. The third-order valence-corrected chi connectivity index (χ3v) is 4.08. The molecule has 0 radical (unpaired) electrons. The van der Waals surface area contributed by atoms with Crippen LogP contribution in [0.25, 0.3) is 0 Å². The largest absolute Gasteiger partial charge is 0.338 e. The molecule has 1 N–H and O–H groups in total. The summed E-state index contributed by atoms with van der Waals surface area (Å²) in [7, 11) is -3.12. The molecule has 1 aliphatic heterocycles. The molecule has 0 aromatic carbocycles. The summed E-state index contributed by atoms with van der Waals surface area (Å²) in [4.78, 5) is 27.5. The van der Waals surface area contributed by atoms with Crippen LogP contribution in [0.4, 0.5) is 0 Å². The van der Waals surface area contributed by atoms with E-state index in [4.69, 9.17) is 0 Å². The minimum Gasteiger partial charge on any atom is -0.338 e. The van der Waals surface area contributed by atoms with Crippen molar-refractivity contribution in [3.8, 4) is 0 Å². The van der Waals surface area contributed by atoms with Gasteiger partial charge in [-0.15, -0.1) is 0 Å². The summed E-state index contributed by atoms with van der Waals surface area (Å²) in [6.07, 6.45) is 1.73. The molecule has 0 unspecified atom stereocenters. The Morgan fingerprint density at radius 2 is 2.16 bits per heavy atom. The number of aromatic amines is 1. The standard InChI is InChI=1S/C12H16N2O4S/c1-19(17,18)7-5-12(16)14-6-4-10-9(8-14)2-3-11(15)13-10/h2-3H,4-8H2,1H3,(H,13,15). The van der Waals surface area contributed by atoms with Crippen LogP contribution in [0.5, 0.6) is 0 Å². The molecular weight excluding hydrogens is 268 g/mol. The second kappa shape index (κ2) is 5.16. The number of hydrogen-bond acceptors (Lipinski definition) is 4. The highest BCUT2D eigenvalue weighted by Gasteiger charge is 2.21. The van der Waals surface area contributed by atoms with Gasteiger partial charge < -0.3 is 9.88 Å². The quantitative estimate of drug-likeness (QED) is 0.825. The molecule has 7 heteroatoms. The van der Waals surface area contributed by atoms with Crippen LogP contribution in [0.2, 0.25) is 0 Å². The average Bonchev–Trinajstić information content (AvgIpc) is 2.34. The monoisotopic (exact) mass is 284 g/mol. The number of hydrogen-bond donors (Lipinski definition) is 1. The first kappa shape index (κ1) is 13.8. The average molecular weight is 284 g/mol. The third kappa shape index (κ3) is 3.66. The molecule has 6 nitrogen and oxygen atoms in total. The van der Waals surface area contributed by atoms with E-state index in [0.717, 1.165) is 17.5 Å². The number of carbonyl (C=O) groups excluding carboxylic acids is 1. The summed E-state index contributed by atoms with van der Waals surface area (Å²) >= 11 is 0. The van der Waals surface area contributed by atoms with Gasteiger partial charge in [-0.3, -0.25) is 9.59 Å². The van der Waals surface area contributed by atoms with Crippen LogP contribution in [0, 0.1) is 0 Å². The number of nitrogens with one attached hydrogen (secondary N) is 1. The van der Waals surface area contributed by atoms with Gasteiger partial charge in [0.15, 0.2) is 0 Å². The molecule has 0 atom stereocenters. The molecule has 1 aromatic rings. The van der Waals surface area contributed by atoms with Crippen LogP contribution in [0.15, 0.2) is 16.9 Å². The number of sulfone groups is 1. The van der Waals surface area contributed by atoms with Gasteiger partial charge in [-0.1, -0.05) is 6.07 Å². The summed E-state index contributed by atoms with van der Waals surface area (Å²) < 4.78 is 22.1. The van der Waals surface area contributed by atoms with E-state index < -0.39 is 9.84 Å². The maximum absolute atomic E-state index is 11.9. The van der Waals surface area contributed by atoms with E-state index in [9.17, 15) is 18.0 Å². The minimum absolute atomic E-state index is 0.0114. The molecule has 2 heterocycles. The fourth-order valence-corrected chi connectivity index (χ4v) is 2.64. The molecule has 0 fully saturated rings. The molecule has 19 heavy (non-hydrogen) atoms. The van der Waals surface area contributed by atoms with E-state index >= 15 is 0 Å². The molecule has 0 saturated heterocycles. The van der Waals surface area contributed by atoms with Crippen molar-refractivity contribution < 1.29 is 13.2 Å². The first-order chi connectivity index (χ1) is 8.85. The lowest BCUT2D eigenvalue weighted by Crippen LogP contribution is -2.37. The zero-order valence-electron chi connectivity index (χ0n) is 10.7. The molecular formula is C12H16N2O4S. The van der Waals surface area contributed by atoms with Crippen LogP contribution in [0.3, 0.4) is 0 Å². The van der Waals surface area contributed by atoms with Gasteiger partial charge in [-0.05, 0) is 5.56 Å². The molecule has 0 aliphatic carbocycles. The van der Waals surface area contributed by atoms with Gasteiger partial charge in [0, 0.05) is 43.9 Å². The van der Waals surface area contributed by atoms with Gasteiger partial charge >= 0.3 is 0 Å². The minimum atomic E-state index is -3.12. The Hall–Kier alpha value is -1.63. The third-order valence-electron chi connectivity index (χ3n) is 3.13. The first-order valence-electron chi connectivity index (χ1n) is 6.02. The number of pyridine rings is 1. The van der Waals surface area contributed by atoms with Gasteiger partial charge in [-0.25, -0.2) is 8.42 Å². The number of amides is 1. The van der Waals surface area contributed by atoms with Crippen LogP contribution < -0.4 is 5.56 Å². The predicted molar refractivity (Wildman–Crippen MR) is 70.5 cm³/mol. The van der Waals surface area contributed by atoms with Crippen LogP contribution in [0.1, 0.15) is 17.7 Å². The molecule has 0 bridgehead atoms. The Bertz CT molecular complexity index is 648. The lowest BCUT2D eigenvalue weighted by atomic mass is 10.1. The smallest absolute Gasteiger partial charge is 0.248 e. The Balaban J connectivity index is 2.03. The summed E-state index contributed by atoms with van der Waals surface area (Å²) in [5.74, 6) is -0.289. The number of aromatic nitrogens is 1.